The zero-order valence-electron chi connectivity index (χ0n) is 19.5. The van der Waals surface area contributed by atoms with Crippen LogP contribution in [0.1, 0.15) is 44.5 Å². The van der Waals surface area contributed by atoms with Crippen molar-refractivity contribution in [2.24, 2.45) is 0 Å². The molecule has 172 valence electrons. The zero-order chi connectivity index (χ0) is 22.9. The summed E-state index contributed by atoms with van der Waals surface area (Å²) in [4.78, 5) is 16.0. The van der Waals surface area contributed by atoms with Gasteiger partial charge in [-0.3, -0.25) is 0 Å². The minimum absolute atomic E-state index is 0.128. The van der Waals surface area contributed by atoms with E-state index in [1.807, 2.05) is 36.1 Å². The minimum atomic E-state index is -1.09. The van der Waals surface area contributed by atoms with Gasteiger partial charge in [-0.25, -0.2) is 23.9 Å². The van der Waals surface area contributed by atoms with Gasteiger partial charge < -0.3 is 14.8 Å². The lowest BCUT2D eigenvalue weighted by atomic mass is 9.78. The molecule has 0 amide bonds. The van der Waals surface area contributed by atoms with Gasteiger partial charge in [0.05, 0.1) is 17.2 Å². The average molecular weight is 449 g/mol. The molecule has 2 aliphatic carbocycles. The van der Waals surface area contributed by atoms with Crippen molar-refractivity contribution in [2.45, 2.75) is 63.3 Å². The van der Waals surface area contributed by atoms with Crippen LogP contribution in [0.25, 0.3) is 27.8 Å². The van der Waals surface area contributed by atoms with Crippen LogP contribution in [0.2, 0.25) is 0 Å². The smallest absolute Gasteiger partial charge is 0.241 e. The Kier molecular flexibility index (Phi) is 4.49. The lowest BCUT2D eigenvalue weighted by Gasteiger charge is -2.40. The fraction of sp³-hybridized carbons (Fsp3) is 0.500. The van der Waals surface area contributed by atoms with Crippen LogP contribution >= 0.6 is 0 Å². The molecule has 2 fully saturated rings. The highest BCUT2D eigenvalue weighted by Gasteiger charge is 2.42. The van der Waals surface area contributed by atoms with Gasteiger partial charge in [-0.05, 0) is 52.9 Å². The van der Waals surface area contributed by atoms with E-state index in [2.05, 4.69) is 55.0 Å². The van der Waals surface area contributed by atoms with Gasteiger partial charge in [0.1, 0.15) is 11.5 Å². The molecule has 0 aliphatic heterocycles. The van der Waals surface area contributed by atoms with Crippen molar-refractivity contribution in [1.82, 2.24) is 34.0 Å². The molecule has 0 unspecified atom stereocenters. The maximum Gasteiger partial charge on any atom is 0.241 e. The summed E-state index contributed by atoms with van der Waals surface area (Å²) in [5.74, 6) is 1.52. The number of nitrogens with one attached hydrogen (secondary N) is 1. The van der Waals surface area contributed by atoms with E-state index < -0.39 is 5.67 Å². The van der Waals surface area contributed by atoms with Crippen molar-refractivity contribution in [3.05, 3.63) is 36.5 Å². The number of fused-ring (bicyclic) bond motifs is 2. The molecule has 0 saturated heterocycles. The van der Waals surface area contributed by atoms with Crippen LogP contribution in [0.15, 0.2) is 30.7 Å². The Morgan fingerprint density at radius 3 is 2.67 bits per heavy atom. The second-order valence-electron chi connectivity index (χ2n) is 10.1. The summed E-state index contributed by atoms with van der Waals surface area (Å²) in [5, 5.41) is 8.11. The quantitative estimate of drug-likeness (QED) is 0.497. The molecule has 0 radical (unpaired) electrons. The van der Waals surface area contributed by atoms with Crippen LogP contribution in [0, 0.1) is 6.92 Å². The third-order valence-corrected chi connectivity index (χ3v) is 7.32. The second-order valence-corrected chi connectivity index (χ2v) is 10.1. The average Bonchev–Trinajstić information content (AvgIpc) is 3.27. The molecule has 8 nitrogen and oxygen atoms in total. The third kappa shape index (κ3) is 3.45. The van der Waals surface area contributed by atoms with Gasteiger partial charge in [0, 0.05) is 54.5 Å². The van der Waals surface area contributed by atoms with Gasteiger partial charge in [0.25, 0.3) is 0 Å². The van der Waals surface area contributed by atoms with Crippen molar-refractivity contribution < 1.29 is 4.39 Å². The van der Waals surface area contributed by atoms with Crippen molar-refractivity contribution in [1.29, 1.82) is 0 Å². The number of hydrogen-bond donors (Lipinski definition) is 1. The number of rotatable bonds is 5. The van der Waals surface area contributed by atoms with Crippen LogP contribution < -0.4 is 5.32 Å². The molecule has 0 atom stereocenters. The first-order valence-electron chi connectivity index (χ1n) is 11.6. The van der Waals surface area contributed by atoms with Crippen LogP contribution in [-0.2, 0) is 0 Å². The summed E-state index contributed by atoms with van der Waals surface area (Å²) in [6.45, 7) is 3.64. The van der Waals surface area contributed by atoms with E-state index in [4.69, 9.17) is 0 Å². The maximum absolute atomic E-state index is 14.2. The lowest BCUT2D eigenvalue weighted by Crippen LogP contribution is -2.47. The fourth-order valence-corrected chi connectivity index (χ4v) is 5.32. The van der Waals surface area contributed by atoms with Gasteiger partial charge >= 0.3 is 0 Å². The van der Waals surface area contributed by atoms with Gasteiger partial charge in [-0.15, -0.1) is 5.10 Å². The van der Waals surface area contributed by atoms with Gasteiger partial charge in [-0.2, -0.15) is 0 Å². The van der Waals surface area contributed by atoms with Gasteiger partial charge in [0.2, 0.25) is 5.95 Å². The van der Waals surface area contributed by atoms with Crippen LogP contribution in [0.4, 0.5) is 10.3 Å². The number of anilines is 1. The Morgan fingerprint density at radius 1 is 1.15 bits per heavy atom. The molecule has 0 aromatic carbocycles. The number of alkyl halides is 1. The van der Waals surface area contributed by atoms with Crippen molar-refractivity contribution in [2.75, 3.05) is 19.4 Å². The Balaban J connectivity index is 1.29. The number of pyridine rings is 1. The molecule has 4 heterocycles. The molecular formula is C24H29FN8. The highest BCUT2D eigenvalue weighted by atomic mass is 19.1. The zero-order valence-corrected chi connectivity index (χ0v) is 19.5. The number of hydrogen-bond acceptors (Lipinski definition) is 6. The van der Waals surface area contributed by atoms with Crippen molar-refractivity contribution in [3.63, 3.8) is 0 Å². The third-order valence-electron chi connectivity index (χ3n) is 7.32. The first kappa shape index (κ1) is 20.5. The number of halogens is 1. The Hall–Kier alpha value is -3.07. The normalized spacial score (nSPS) is 27.2. The van der Waals surface area contributed by atoms with E-state index in [9.17, 15) is 4.39 Å². The molecule has 2 aliphatic rings. The van der Waals surface area contributed by atoms with E-state index in [1.165, 1.54) is 0 Å². The summed E-state index contributed by atoms with van der Waals surface area (Å²) in [6.07, 6.45) is 8.89. The molecule has 4 aromatic rings. The molecular weight excluding hydrogens is 419 g/mol. The Bertz CT molecular complexity index is 1340. The van der Waals surface area contributed by atoms with Gasteiger partial charge in [0.15, 0.2) is 5.65 Å². The maximum atomic E-state index is 14.2. The molecule has 9 heteroatoms. The standard InChI is InChI=1S/C24H29FN8/c1-14-28-22-20(33(14)18-10-24(2,25)11-18)7-15(12-26-22)19-5-6-32-21(19)13-27-23(30-32)29-16-8-17(9-16)31(3)4/h5-7,12-13,16-18H,8-11H2,1-4H3,(H,29,30)/t16-,17-,18?,24?. The Labute approximate surface area is 191 Å². The summed E-state index contributed by atoms with van der Waals surface area (Å²) in [7, 11) is 4.24. The van der Waals surface area contributed by atoms with E-state index >= 15 is 0 Å². The van der Waals surface area contributed by atoms with Crippen molar-refractivity contribution >= 4 is 22.6 Å². The molecule has 2 saturated carbocycles. The Morgan fingerprint density at radius 2 is 1.94 bits per heavy atom. The van der Waals surface area contributed by atoms with Gasteiger partial charge in [-0.1, -0.05) is 0 Å². The SMILES string of the molecule is Cc1nc2ncc(-c3ccn4nc(N[C@H]5C[C@H](N(C)C)C5)ncc34)cc2n1C1CC(C)(F)C1. The first-order chi connectivity index (χ1) is 15.8. The van der Waals surface area contributed by atoms with E-state index in [-0.39, 0.29) is 6.04 Å². The van der Waals surface area contributed by atoms with Crippen molar-refractivity contribution in [3.8, 4) is 11.1 Å². The topological polar surface area (TPSA) is 76.2 Å². The first-order valence-corrected chi connectivity index (χ1v) is 11.6. The summed E-state index contributed by atoms with van der Waals surface area (Å²) in [6, 6.07) is 5.31. The van der Waals surface area contributed by atoms with Crippen LogP contribution in [-0.4, -0.2) is 65.9 Å². The fourth-order valence-electron chi connectivity index (χ4n) is 5.32. The number of aryl methyl sites for hydroxylation is 1. The highest BCUT2D eigenvalue weighted by molar-refractivity contribution is 5.85. The molecule has 0 bridgehead atoms. The molecule has 0 spiro atoms. The molecule has 6 rings (SSSR count). The second kappa shape index (κ2) is 7.21. The summed E-state index contributed by atoms with van der Waals surface area (Å²) >= 11 is 0. The van der Waals surface area contributed by atoms with E-state index in [0.29, 0.717) is 36.5 Å². The predicted octanol–water partition coefficient (Wildman–Crippen LogP) is 4.02. The van der Waals surface area contributed by atoms with E-state index in [1.54, 1.807) is 6.92 Å². The monoisotopic (exact) mass is 448 g/mol. The minimum Gasteiger partial charge on any atom is -0.350 e. The molecule has 33 heavy (non-hydrogen) atoms. The number of imidazole rings is 1. The largest absolute Gasteiger partial charge is 0.350 e. The lowest BCUT2D eigenvalue weighted by molar-refractivity contribution is 0.0330. The number of aromatic nitrogens is 6. The molecule has 1 N–H and O–H groups in total. The highest BCUT2D eigenvalue weighted by Crippen LogP contribution is 2.45. The van der Waals surface area contributed by atoms with E-state index in [0.717, 1.165) is 40.8 Å². The molecule has 4 aromatic heterocycles. The van der Waals surface area contributed by atoms with Crippen LogP contribution in [0.3, 0.4) is 0 Å². The van der Waals surface area contributed by atoms with Crippen LogP contribution in [0.5, 0.6) is 0 Å². The number of nitrogens with zero attached hydrogens (tertiary/aromatic N) is 7. The summed E-state index contributed by atoms with van der Waals surface area (Å²) < 4.78 is 18.2. The predicted molar refractivity (Wildman–Crippen MR) is 126 cm³/mol. The summed E-state index contributed by atoms with van der Waals surface area (Å²) in [5.41, 5.74) is 3.47.